The van der Waals surface area contributed by atoms with Gasteiger partial charge in [0, 0.05) is 6.54 Å². The fourth-order valence-corrected chi connectivity index (χ4v) is 2.40. The van der Waals surface area contributed by atoms with E-state index in [1.54, 1.807) is 19.1 Å². The van der Waals surface area contributed by atoms with Gasteiger partial charge < -0.3 is 15.4 Å². The van der Waals surface area contributed by atoms with Crippen molar-refractivity contribution >= 4 is 17.8 Å². The zero-order chi connectivity index (χ0) is 20.9. The highest BCUT2D eigenvalue weighted by atomic mass is 16.5. The molecule has 0 atom stereocenters. The van der Waals surface area contributed by atoms with Gasteiger partial charge in [0.25, 0.3) is 5.91 Å². The van der Waals surface area contributed by atoms with Crippen molar-refractivity contribution in [2.45, 2.75) is 40.5 Å². The fraction of sp³-hybridized carbons (Fsp3) is 0.409. The second-order valence-electron chi connectivity index (χ2n) is 6.65. The minimum absolute atomic E-state index is 0.147. The minimum Gasteiger partial charge on any atom is -0.458 e. The van der Waals surface area contributed by atoms with Crippen LogP contribution in [-0.4, -0.2) is 37.5 Å². The van der Waals surface area contributed by atoms with Crippen LogP contribution < -0.4 is 10.6 Å². The van der Waals surface area contributed by atoms with E-state index in [-0.39, 0.29) is 30.2 Å². The van der Waals surface area contributed by atoms with E-state index in [0.29, 0.717) is 6.54 Å². The molecule has 152 valence electrons. The number of esters is 1. The lowest BCUT2D eigenvalue weighted by Gasteiger charge is -2.10. The third kappa shape index (κ3) is 8.66. The van der Waals surface area contributed by atoms with E-state index < -0.39 is 11.9 Å². The predicted octanol–water partition coefficient (Wildman–Crippen LogP) is 3.40. The predicted molar refractivity (Wildman–Crippen MR) is 110 cm³/mol. The van der Waals surface area contributed by atoms with Crippen LogP contribution in [0, 0.1) is 0 Å². The first-order chi connectivity index (χ1) is 13.3. The number of nitrogens with one attached hydrogen (secondary N) is 2. The molecule has 0 bridgehead atoms. The molecule has 0 fully saturated rings. The van der Waals surface area contributed by atoms with Crippen LogP contribution in [0.3, 0.4) is 0 Å². The largest absolute Gasteiger partial charge is 0.458 e. The maximum Gasteiger partial charge on any atom is 0.339 e. The zero-order valence-corrected chi connectivity index (χ0v) is 17.1. The van der Waals surface area contributed by atoms with E-state index in [1.165, 1.54) is 17.7 Å². The van der Waals surface area contributed by atoms with Gasteiger partial charge in [0.15, 0.2) is 0 Å². The monoisotopic (exact) mass is 386 g/mol. The summed E-state index contributed by atoms with van der Waals surface area (Å²) in [5.41, 5.74) is 2.77. The number of hydrogen-bond donors (Lipinski definition) is 2. The van der Waals surface area contributed by atoms with Crippen LogP contribution in [0.4, 0.5) is 0 Å². The van der Waals surface area contributed by atoms with Crippen molar-refractivity contribution in [2.75, 3.05) is 19.7 Å². The molecule has 0 aromatic heterocycles. The highest BCUT2D eigenvalue weighted by molar-refractivity contribution is 6.06. The summed E-state index contributed by atoms with van der Waals surface area (Å²) >= 11 is 0. The smallest absolute Gasteiger partial charge is 0.339 e. The first-order valence-electron chi connectivity index (χ1n) is 9.45. The summed E-state index contributed by atoms with van der Waals surface area (Å²) in [6.45, 7) is 8.39. The van der Waals surface area contributed by atoms with Crippen molar-refractivity contribution in [3.63, 3.8) is 0 Å². The number of likely N-dealkylation sites (N-methyl/N-ethyl adjacent to an activating group) is 1. The molecule has 0 unspecified atom stereocenters. The molecule has 1 rings (SSSR count). The SMILES string of the molecule is CCNC(=O)CNC(=O)c1ccccc1C(=O)OC/C=C(\C)CCC=C(C)C. The zero-order valence-electron chi connectivity index (χ0n) is 17.1. The van der Waals surface area contributed by atoms with Gasteiger partial charge in [-0.3, -0.25) is 9.59 Å². The lowest BCUT2D eigenvalue weighted by atomic mass is 10.1. The van der Waals surface area contributed by atoms with Gasteiger partial charge in [-0.15, -0.1) is 0 Å². The van der Waals surface area contributed by atoms with E-state index >= 15 is 0 Å². The van der Waals surface area contributed by atoms with Crippen LogP contribution in [0.15, 0.2) is 47.6 Å². The number of benzene rings is 1. The van der Waals surface area contributed by atoms with Crippen molar-refractivity contribution in [1.82, 2.24) is 10.6 Å². The maximum atomic E-state index is 12.4. The third-order valence-corrected chi connectivity index (χ3v) is 3.91. The van der Waals surface area contributed by atoms with E-state index in [2.05, 4.69) is 30.6 Å². The molecule has 0 heterocycles. The van der Waals surface area contributed by atoms with Gasteiger partial charge >= 0.3 is 5.97 Å². The molecule has 28 heavy (non-hydrogen) atoms. The summed E-state index contributed by atoms with van der Waals surface area (Å²) in [5.74, 6) is -1.35. The number of ether oxygens (including phenoxy) is 1. The molecule has 6 heteroatoms. The Balaban J connectivity index is 2.65. The Morgan fingerprint density at radius 1 is 1.00 bits per heavy atom. The van der Waals surface area contributed by atoms with Crippen molar-refractivity contribution in [2.24, 2.45) is 0 Å². The Morgan fingerprint density at radius 3 is 2.32 bits per heavy atom. The topological polar surface area (TPSA) is 84.5 Å². The summed E-state index contributed by atoms with van der Waals surface area (Å²) in [5, 5.41) is 5.10. The van der Waals surface area contributed by atoms with Gasteiger partial charge in [-0.2, -0.15) is 0 Å². The summed E-state index contributed by atoms with van der Waals surface area (Å²) < 4.78 is 5.29. The number of hydrogen-bond acceptors (Lipinski definition) is 4. The maximum absolute atomic E-state index is 12.4. The molecule has 2 amide bonds. The van der Waals surface area contributed by atoms with Crippen LogP contribution in [0.1, 0.15) is 61.3 Å². The average molecular weight is 386 g/mol. The Bertz CT molecular complexity index is 747. The molecule has 2 N–H and O–H groups in total. The molecular weight excluding hydrogens is 356 g/mol. The van der Waals surface area contributed by atoms with E-state index in [1.807, 2.05) is 13.0 Å². The van der Waals surface area contributed by atoms with Crippen LogP contribution in [0.25, 0.3) is 0 Å². The first-order valence-corrected chi connectivity index (χ1v) is 9.45. The Labute approximate surface area is 167 Å². The molecule has 1 aromatic carbocycles. The summed E-state index contributed by atoms with van der Waals surface area (Å²) in [6.07, 6.45) is 5.89. The second-order valence-corrected chi connectivity index (χ2v) is 6.65. The Morgan fingerprint density at radius 2 is 1.68 bits per heavy atom. The minimum atomic E-state index is -0.572. The fourth-order valence-electron chi connectivity index (χ4n) is 2.40. The van der Waals surface area contributed by atoms with Gasteiger partial charge in [-0.25, -0.2) is 4.79 Å². The van der Waals surface area contributed by atoms with Crippen molar-refractivity contribution < 1.29 is 19.1 Å². The molecule has 0 radical (unpaired) electrons. The number of carbonyl (C=O) groups is 3. The Kier molecular flexibility index (Phi) is 10.3. The number of amides is 2. The van der Waals surface area contributed by atoms with E-state index in [9.17, 15) is 14.4 Å². The van der Waals surface area contributed by atoms with Crippen molar-refractivity contribution in [3.05, 3.63) is 58.7 Å². The highest BCUT2D eigenvalue weighted by Gasteiger charge is 2.18. The number of rotatable bonds is 10. The summed E-state index contributed by atoms with van der Waals surface area (Å²) in [4.78, 5) is 36.2. The highest BCUT2D eigenvalue weighted by Crippen LogP contribution is 2.11. The quantitative estimate of drug-likeness (QED) is 0.477. The molecule has 0 saturated heterocycles. The summed E-state index contributed by atoms with van der Waals surface area (Å²) in [6, 6.07) is 6.39. The van der Waals surface area contributed by atoms with E-state index in [0.717, 1.165) is 18.4 Å². The van der Waals surface area contributed by atoms with Crippen LogP contribution in [0.5, 0.6) is 0 Å². The first kappa shape index (κ1) is 23.1. The molecular formula is C22H30N2O4. The van der Waals surface area contributed by atoms with Crippen LogP contribution in [-0.2, 0) is 9.53 Å². The normalized spacial score (nSPS) is 10.8. The molecule has 6 nitrogen and oxygen atoms in total. The number of carbonyl (C=O) groups excluding carboxylic acids is 3. The third-order valence-electron chi connectivity index (χ3n) is 3.91. The van der Waals surface area contributed by atoms with Gasteiger partial charge in [0.2, 0.25) is 5.91 Å². The second kappa shape index (κ2) is 12.5. The standard InChI is InChI=1S/C22H30N2O4/c1-5-23-20(25)15-24-21(26)18-11-6-7-12-19(18)22(27)28-14-13-17(4)10-8-9-16(2)3/h6-7,9,11-13H,5,8,10,14-15H2,1-4H3,(H,23,25)(H,24,26)/b17-13+. The Hall–Kier alpha value is -2.89. The molecule has 0 saturated carbocycles. The van der Waals surface area contributed by atoms with Crippen molar-refractivity contribution in [1.29, 1.82) is 0 Å². The summed E-state index contributed by atoms with van der Waals surface area (Å²) in [7, 11) is 0. The van der Waals surface area contributed by atoms with E-state index in [4.69, 9.17) is 4.74 Å². The molecule has 1 aromatic rings. The van der Waals surface area contributed by atoms with Gasteiger partial charge in [-0.05, 0) is 58.7 Å². The lowest BCUT2D eigenvalue weighted by Crippen LogP contribution is -2.37. The molecule has 0 aliphatic rings. The van der Waals surface area contributed by atoms with Gasteiger partial charge in [-0.1, -0.05) is 29.4 Å². The average Bonchev–Trinajstić information content (AvgIpc) is 2.66. The van der Waals surface area contributed by atoms with Gasteiger partial charge in [0.05, 0.1) is 17.7 Å². The van der Waals surface area contributed by atoms with Crippen molar-refractivity contribution in [3.8, 4) is 0 Å². The lowest BCUT2D eigenvalue weighted by molar-refractivity contribution is -0.120. The van der Waals surface area contributed by atoms with Crippen LogP contribution >= 0.6 is 0 Å². The molecule has 0 spiro atoms. The number of allylic oxidation sites excluding steroid dienone is 3. The van der Waals surface area contributed by atoms with Gasteiger partial charge in [0.1, 0.15) is 6.61 Å². The molecule has 0 aliphatic carbocycles. The molecule has 0 aliphatic heterocycles. The van der Waals surface area contributed by atoms with Crippen LogP contribution in [0.2, 0.25) is 0 Å².